The van der Waals surface area contributed by atoms with E-state index >= 15 is 0 Å². The molecule has 0 unspecified atom stereocenters. The Morgan fingerprint density at radius 1 is 0.875 bits per heavy atom. The second-order valence-electron chi connectivity index (χ2n) is 10.4. The molecule has 3 aromatic carbocycles. The number of para-hydroxylation sites is 1. The van der Waals surface area contributed by atoms with Crippen molar-refractivity contribution in [3.63, 3.8) is 0 Å². The van der Waals surface area contributed by atoms with Gasteiger partial charge in [-0.25, -0.2) is 23.5 Å². The summed E-state index contributed by atoms with van der Waals surface area (Å²) in [6.45, 7) is 0.0187. The van der Waals surface area contributed by atoms with E-state index in [1.807, 2.05) is 12.1 Å². The number of alkyl halides is 2. The molecule has 3 heterocycles. The highest BCUT2D eigenvalue weighted by Gasteiger charge is 2.75. The fraction of sp³-hybridized carbons (Fsp3) is 0.241. The van der Waals surface area contributed by atoms with Crippen LogP contribution in [0, 0.1) is 0 Å². The van der Waals surface area contributed by atoms with Gasteiger partial charge < -0.3 is 5.11 Å². The Morgan fingerprint density at radius 2 is 1.57 bits per heavy atom. The average molecular weight is 577 g/mol. The van der Waals surface area contributed by atoms with Gasteiger partial charge in [0, 0.05) is 30.3 Å². The summed E-state index contributed by atoms with van der Waals surface area (Å²) in [5.41, 5.74) is 0.0693. The van der Waals surface area contributed by atoms with Gasteiger partial charge in [0.25, 0.3) is 11.8 Å². The predicted octanol–water partition coefficient (Wildman–Crippen LogP) is 3.28. The van der Waals surface area contributed by atoms with Crippen LogP contribution in [0.4, 0.5) is 0 Å². The van der Waals surface area contributed by atoms with Crippen LogP contribution in [0.5, 0.6) is 5.75 Å². The number of nitrogens with zero attached hydrogens (tertiary/aromatic N) is 4. The zero-order valence-corrected chi connectivity index (χ0v) is 22.6. The van der Waals surface area contributed by atoms with Crippen LogP contribution >= 0.6 is 23.2 Å². The van der Waals surface area contributed by atoms with Crippen LogP contribution < -0.4 is 11.4 Å². The number of aromatic hydroxyl groups is 1. The van der Waals surface area contributed by atoms with Crippen LogP contribution in [-0.4, -0.2) is 52.5 Å². The Kier molecular flexibility index (Phi) is 5.12. The van der Waals surface area contributed by atoms with Crippen LogP contribution in [-0.2, 0) is 16.1 Å². The third kappa shape index (κ3) is 2.88. The van der Waals surface area contributed by atoms with Gasteiger partial charge in [-0.05, 0) is 23.1 Å². The predicted molar refractivity (Wildman–Crippen MR) is 149 cm³/mol. The monoisotopic (exact) mass is 576 g/mol. The quantitative estimate of drug-likeness (QED) is 0.224. The highest BCUT2D eigenvalue weighted by Crippen LogP contribution is 2.64. The minimum atomic E-state index is -1.99. The molecule has 3 aliphatic rings. The van der Waals surface area contributed by atoms with Crippen molar-refractivity contribution in [2.24, 2.45) is 0 Å². The van der Waals surface area contributed by atoms with E-state index in [2.05, 4.69) is 0 Å². The van der Waals surface area contributed by atoms with Crippen molar-refractivity contribution in [1.29, 1.82) is 0 Å². The summed E-state index contributed by atoms with van der Waals surface area (Å²) in [6.07, 6.45) is 1.54. The molecular formula is C29H22Cl2N4O5. The number of fused-ring (bicyclic) bond motifs is 5. The van der Waals surface area contributed by atoms with Crippen LogP contribution in [0.3, 0.4) is 0 Å². The number of phenols is 1. The molecule has 2 aliphatic heterocycles. The SMILES string of the molecule is CN1C(=O)[C@]2(Cl)C[C@@H]3C(=CCn4c(=O)n(-c5ccccc5)c(=O)n43)[C@H](c3ccc4ccccc4c3O)[C@]2(Cl)C1=O. The minimum Gasteiger partial charge on any atom is -0.507 e. The summed E-state index contributed by atoms with van der Waals surface area (Å²) in [4.78, 5) is 51.5. The number of halogens is 2. The minimum absolute atomic E-state index is 0.0187. The number of benzene rings is 3. The molecule has 1 saturated carbocycles. The first-order chi connectivity index (χ1) is 19.1. The molecule has 40 heavy (non-hydrogen) atoms. The van der Waals surface area contributed by atoms with E-state index in [1.54, 1.807) is 60.7 Å². The second-order valence-corrected chi connectivity index (χ2v) is 11.7. The molecular weight excluding hydrogens is 555 g/mol. The highest BCUT2D eigenvalue weighted by atomic mass is 35.5. The number of imide groups is 1. The molecule has 202 valence electrons. The molecule has 9 nitrogen and oxygen atoms in total. The zero-order valence-electron chi connectivity index (χ0n) is 21.1. The lowest BCUT2D eigenvalue weighted by molar-refractivity contribution is -0.137. The maximum atomic E-state index is 13.9. The number of hydrogen-bond donors (Lipinski definition) is 1. The van der Waals surface area contributed by atoms with Crippen molar-refractivity contribution in [2.75, 3.05) is 7.05 Å². The maximum absolute atomic E-state index is 13.9. The van der Waals surface area contributed by atoms with E-state index in [4.69, 9.17) is 23.2 Å². The van der Waals surface area contributed by atoms with E-state index in [0.717, 1.165) is 14.9 Å². The Hall–Kier alpha value is -4.08. The molecule has 7 rings (SSSR count). The number of rotatable bonds is 2. The lowest BCUT2D eigenvalue weighted by Crippen LogP contribution is -2.59. The molecule has 1 N–H and O–H groups in total. The Labute approximate surface area is 237 Å². The molecule has 11 heteroatoms. The van der Waals surface area contributed by atoms with Gasteiger partial charge in [-0.3, -0.25) is 14.5 Å². The first kappa shape index (κ1) is 24.9. The zero-order chi connectivity index (χ0) is 28.1. The largest absolute Gasteiger partial charge is 0.507 e. The molecule has 0 radical (unpaired) electrons. The molecule has 0 bridgehead atoms. The lowest BCUT2D eigenvalue weighted by atomic mass is 9.64. The van der Waals surface area contributed by atoms with Gasteiger partial charge >= 0.3 is 11.4 Å². The molecule has 1 saturated heterocycles. The van der Waals surface area contributed by atoms with Gasteiger partial charge in [-0.2, -0.15) is 0 Å². The molecule has 1 aliphatic carbocycles. The Bertz CT molecular complexity index is 1930. The van der Waals surface area contributed by atoms with Crippen molar-refractivity contribution in [1.82, 2.24) is 18.8 Å². The van der Waals surface area contributed by atoms with E-state index < -0.39 is 44.9 Å². The number of carbonyl (C=O) groups is 2. The van der Waals surface area contributed by atoms with Gasteiger partial charge in [-0.1, -0.05) is 60.7 Å². The Morgan fingerprint density at radius 3 is 2.33 bits per heavy atom. The van der Waals surface area contributed by atoms with Gasteiger partial charge in [0.2, 0.25) is 0 Å². The maximum Gasteiger partial charge on any atom is 0.352 e. The standard InChI is InChI=1S/C29H22Cl2N4O5/c1-32-24(37)28(30)15-21-19(13-14-33-26(39)34(27(40)35(21)33)17-8-3-2-4-9-17)22(29(28,31)25(32)38)20-12-11-16-7-5-6-10-18(16)23(20)36/h2-13,21-22,36H,14-15H2,1H3/t21-,22-,28-,29+/m1/s1. The average Bonchev–Trinajstić information content (AvgIpc) is 3.29. The van der Waals surface area contributed by atoms with E-state index in [-0.39, 0.29) is 18.7 Å². The molecule has 1 aromatic heterocycles. The third-order valence-corrected chi connectivity index (χ3v) is 9.95. The third-order valence-electron chi connectivity index (χ3n) is 8.54. The molecule has 2 amide bonds. The van der Waals surface area contributed by atoms with Crippen LogP contribution in [0.25, 0.3) is 16.5 Å². The first-order valence-corrected chi connectivity index (χ1v) is 13.5. The van der Waals surface area contributed by atoms with Gasteiger partial charge in [0.1, 0.15) is 5.75 Å². The number of amides is 2. The van der Waals surface area contributed by atoms with Gasteiger partial charge in [0.05, 0.1) is 18.3 Å². The highest BCUT2D eigenvalue weighted by molar-refractivity contribution is 6.53. The Balaban J connectivity index is 1.51. The number of hydrogen-bond acceptors (Lipinski definition) is 5. The van der Waals surface area contributed by atoms with Crippen LogP contribution in [0.1, 0.15) is 23.9 Å². The topological polar surface area (TPSA) is 107 Å². The van der Waals surface area contributed by atoms with E-state index in [0.29, 0.717) is 22.2 Å². The van der Waals surface area contributed by atoms with Crippen molar-refractivity contribution < 1.29 is 14.7 Å². The van der Waals surface area contributed by atoms with Crippen LogP contribution in [0.15, 0.2) is 88.0 Å². The fourth-order valence-corrected chi connectivity index (χ4v) is 7.65. The molecule has 4 aromatic rings. The smallest absolute Gasteiger partial charge is 0.352 e. The summed E-state index contributed by atoms with van der Waals surface area (Å²) in [6, 6.07) is 18.3. The normalized spacial score (nSPS) is 27.4. The lowest BCUT2D eigenvalue weighted by Gasteiger charge is -2.49. The number of phenolic OH excluding ortho intramolecular Hbond substituents is 1. The molecule has 4 atom stereocenters. The number of allylic oxidation sites excluding steroid dienone is 2. The van der Waals surface area contributed by atoms with Gasteiger partial charge in [0.15, 0.2) is 9.75 Å². The van der Waals surface area contributed by atoms with Gasteiger partial charge in [-0.15, -0.1) is 23.2 Å². The van der Waals surface area contributed by atoms with Crippen molar-refractivity contribution in [3.05, 3.63) is 105 Å². The van der Waals surface area contributed by atoms with Crippen LogP contribution in [0.2, 0.25) is 0 Å². The first-order valence-electron chi connectivity index (χ1n) is 12.7. The van der Waals surface area contributed by atoms with Crippen molar-refractivity contribution >= 4 is 45.8 Å². The number of carbonyl (C=O) groups excluding carboxylic acids is 2. The van der Waals surface area contributed by atoms with E-state index in [9.17, 15) is 24.3 Å². The summed E-state index contributed by atoms with van der Waals surface area (Å²) in [5.74, 6) is -2.57. The second kappa shape index (κ2) is 8.22. The molecule has 2 fully saturated rings. The number of likely N-dealkylation sites (tertiary alicyclic amines) is 1. The summed E-state index contributed by atoms with van der Waals surface area (Å²) < 4.78 is 3.66. The van der Waals surface area contributed by atoms with E-state index in [1.165, 1.54) is 16.4 Å². The summed E-state index contributed by atoms with van der Waals surface area (Å²) >= 11 is 14.3. The van der Waals surface area contributed by atoms with Crippen molar-refractivity contribution in [3.8, 4) is 11.4 Å². The fourth-order valence-electron chi connectivity index (χ4n) is 6.65. The molecule has 0 spiro atoms. The summed E-state index contributed by atoms with van der Waals surface area (Å²) in [7, 11) is 1.32. The summed E-state index contributed by atoms with van der Waals surface area (Å²) in [5, 5.41) is 12.8. The van der Waals surface area contributed by atoms with Crippen molar-refractivity contribution in [2.45, 2.75) is 34.7 Å². The number of aromatic nitrogens is 3.